The molecule has 3 rings (SSSR count). The molecule has 19 heavy (non-hydrogen) atoms. The molecule has 2 atom stereocenters. The van der Waals surface area contributed by atoms with E-state index in [0.717, 1.165) is 0 Å². The second-order valence-electron chi connectivity index (χ2n) is 4.92. The van der Waals surface area contributed by atoms with Crippen molar-refractivity contribution in [3.8, 4) is 5.75 Å². The number of carbonyl (C=O) groups is 2. The number of hydrogen-bond donors (Lipinski definition) is 2. The van der Waals surface area contributed by atoms with Gasteiger partial charge in [0, 0.05) is 5.57 Å². The number of phenols is 1. The quantitative estimate of drug-likeness (QED) is 0.686. The highest BCUT2D eigenvalue weighted by Gasteiger charge is 2.51. The average Bonchev–Trinajstić information content (AvgIpc) is 2.62. The first-order valence-electron chi connectivity index (χ1n) is 5.90. The van der Waals surface area contributed by atoms with Crippen LogP contribution in [0.25, 0.3) is 0 Å². The predicted molar refractivity (Wildman–Crippen MR) is 64.6 cm³/mol. The number of benzene rings is 1. The van der Waals surface area contributed by atoms with Crippen LogP contribution in [-0.2, 0) is 9.53 Å². The molecule has 0 fully saturated rings. The molecule has 0 unspecified atom stereocenters. The number of ketones is 1. The molecule has 1 spiro atoms. The van der Waals surface area contributed by atoms with Gasteiger partial charge in [0.05, 0.1) is 12.0 Å². The summed E-state index contributed by atoms with van der Waals surface area (Å²) >= 11 is 0. The number of fused-ring (bicyclic) bond motifs is 1. The lowest BCUT2D eigenvalue weighted by Gasteiger charge is -2.36. The molecule has 0 bridgehead atoms. The van der Waals surface area contributed by atoms with Crippen molar-refractivity contribution in [1.82, 2.24) is 0 Å². The van der Waals surface area contributed by atoms with E-state index < -0.39 is 17.7 Å². The molecule has 0 saturated heterocycles. The SMILES string of the molecule is CC1=C[C@]2(CC(=O)c3c(O)cccc3[C@@H]2O)OC1=O. The standard InChI is InChI=1S/C14H12O5/c1-7-5-14(19-13(7)18)6-10(16)11-8(12(14)17)3-2-4-9(11)15/h2-5,12,15,17H,6H2,1H3/t12-,14+/m0/s1. The smallest absolute Gasteiger partial charge is 0.334 e. The van der Waals surface area contributed by atoms with Gasteiger partial charge in [-0.25, -0.2) is 4.79 Å². The summed E-state index contributed by atoms with van der Waals surface area (Å²) in [5.41, 5.74) is -0.570. The number of hydrogen-bond acceptors (Lipinski definition) is 5. The number of carbonyl (C=O) groups excluding carboxylic acids is 2. The zero-order chi connectivity index (χ0) is 13.8. The van der Waals surface area contributed by atoms with Crippen LogP contribution in [0.2, 0.25) is 0 Å². The first-order valence-corrected chi connectivity index (χ1v) is 5.90. The lowest BCUT2D eigenvalue weighted by Crippen LogP contribution is -2.42. The molecule has 2 N–H and O–H groups in total. The minimum Gasteiger partial charge on any atom is -0.507 e. The molecule has 0 aromatic heterocycles. The van der Waals surface area contributed by atoms with Crippen LogP contribution >= 0.6 is 0 Å². The summed E-state index contributed by atoms with van der Waals surface area (Å²) in [7, 11) is 0. The third-order valence-corrected chi connectivity index (χ3v) is 3.61. The van der Waals surface area contributed by atoms with E-state index in [4.69, 9.17) is 4.74 Å². The zero-order valence-corrected chi connectivity index (χ0v) is 10.2. The lowest BCUT2D eigenvalue weighted by molar-refractivity contribution is -0.156. The van der Waals surface area contributed by atoms with Gasteiger partial charge in [0.25, 0.3) is 0 Å². The van der Waals surface area contributed by atoms with E-state index in [2.05, 4.69) is 0 Å². The van der Waals surface area contributed by atoms with Crippen LogP contribution in [0.3, 0.4) is 0 Å². The van der Waals surface area contributed by atoms with Crippen LogP contribution in [0.15, 0.2) is 29.8 Å². The number of aliphatic hydroxyl groups is 1. The Kier molecular flexibility index (Phi) is 2.31. The van der Waals surface area contributed by atoms with Gasteiger partial charge in [-0.2, -0.15) is 0 Å². The van der Waals surface area contributed by atoms with E-state index in [1.54, 1.807) is 13.0 Å². The maximum absolute atomic E-state index is 12.1. The fourth-order valence-corrected chi connectivity index (χ4v) is 2.72. The Morgan fingerprint density at radius 2 is 2.11 bits per heavy atom. The van der Waals surface area contributed by atoms with Crippen molar-refractivity contribution in [3.05, 3.63) is 41.0 Å². The Morgan fingerprint density at radius 3 is 2.74 bits per heavy atom. The Morgan fingerprint density at radius 1 is 1.37 bits per heavy atom. The van der Waals surface area contributed by atoms with Crippen molar-refractivity contribution < 1.29 is 24.5 Å². The minimum absolute atomic E-state index is 0.106. The van der Waals surface area contributed by atoms with Gasteiger partial charge < -0.3 is 14.9 Å². The minimum atomic E-state index is -1.33. The largest absolute Gasteiger partial charge is 0.507 e. The molecule has 0 saturated carbocycles. The van der Waals surface area contributed by atoms with E-state index in [1.807, 2.05) is 0 Å². The van der Waals surface area contributed by atoms with Crippen LogP contribution in [0.4, 0.5) is 0 Å². The van der Waals surface area contributed by atoms with Gasteiger partial charge in [0.1, 0.15) is 11.9 Å². The molecule has 0 radical (unpaired) electrons. The van der Waals surface area contributed by atoms with Crippen LogP contribution in [0, 0.1) is 0 Å². The van der Waals surface area contributed by atoms with Crippen molar-refractivity contribution in [2.24, 2.45) is 0 Å². The fraction of sp³-hybridized carbons (Fsp3) is 0.286. The molecule has 2 aliphatic rings. The molecule has 1 aromatic rings. The Bertz CT molecular complexity index is 631. The second kappa shape index (κ2) is 3.68. The summed E-state index contributed by atoms with van der Waals surface area (Å²) in [6, 6.07) is 4.48. The predicted octanol–water partition coefficient (Wildman–Crippen LogP) is 1.25. The molecule has 1 heterocycles. The van der Waals surface area contributed by atoms with Crippen LogP contribution < -0.4 is 0 Å². The van der Waals surface area contributed by atoms with Gasteiger partial charge in [0.2, 0.25) is 0 Å². The molecule has 0 amide bonds. The summed E-state index contributed by atoms with van der Waals surface area (Å²) in [4.78, 5) is 23.7. The van der Waals surface area contributed by atoms with E-state index in [1.165, 1.54) is 18.2 Å². The maximum Gasteiger partial charge on any atom is 0.334 e. The third kappa shape index (κ3) is 1.51. The van der Waals surface area contributed by atoms with E-state index in [9.17, 15) is 19.8 Å². The Balaban J connectivity index is 2.17. The topological polar surface area (TPSA) is 83.8 Å². The molecule has 5 nitrogen and oxygen atoms in total. The highest BCUT2D eigenvalue weighted by Crippen LogP contribution is 2.46. The maximum atomic E-state index is 12.1. The number of Topliss-reactive ketones (excluding diaryl/α,β-unsaturated/α-hetero) is 1. The normalized spacial score (nSPS) is 29.2. The number of aliphatic hydroxyl groups excluding tert-OH is 1. The van der Waals surface area contributed by atoms with E-state index in [-0.39, 0.29) is 29.1 Å². The summed E-state index contributed by atoms with van der Waals surface area (Å²) in [5.74, 6) is -1.05. The first-order chi connectivity index (χ1) is 8.94. The number of aromatic hydroxyl groups is 1. The van der Waals surface area contributed by atoms with E-state index >= 15 is 0 Å². The summed E-state index contributed by atoms with van der Waals surface area (Å²) in [6.45, 7) is 1.58. The molecule has 5 heteroatoms. The molecule has 1 aliphatic carbocycles. The van der Waals surface area contributed by atoms with Gasteiger partial charge in [-0.1, -0.05) is 12.1 Å². The molecular weight excluding hydrogens is 248 g/mol. The van der Waals surface area contributed by atoms with Crippen molar-refractivity contribution in [2.75, 3.05) is 0 Å². The van der Waals surface area contributed by atoms with Gasteiger partial charge in [-0.3, -0.25) is 4.79 Å². The third-order valence-electron chi connectivity index (χ3n) is 3.61. The summed E-state index contributed by atoms with van der Waals surface area (Å²) < 4.78 is 5.20. The number of phenolic OH excluding ortho intramolecular Hbond substituents is 1. The highest BCUT2D eigenvalue weighted by molar-refractivity contribution is 6.03. The summed E-state index contributed by atoms with van der Waals surface area (Å²) in [5, 5.41) is 20.1. The van der Waals surface area contributed by atoms with Gasteiger partial charge in [-0.05, 0) is 24.6 Å². The van der Waals surface area contributed by atoms with Crippen LogP contribution in [0.5, 0.6) is 5.75 Å². The van der Waals surface area contributed by atoms with Crippen LogP contribution in [-0.4, -0.2) is 27.6 Å². The monoisotopic (exact) mass is 260 g/mol. The lowest BCUT2D eigenvalue weighted by atomic mass is 9.77. The average molecular weight is 260 g/mol. The summed E-state index contributed by atoms with van der Waals surface area (Å²) in [6.07, 6.45) is 0.167. The first kappa shape index (κ1) is 11.9. The van der Waals surface area contributed by atoms with Crippen molar-refractivity contribution in [3.63, 3.8) is 0 Å². The molecular formula is C14H12O5. The van der Waals surface area contributed by atoms with Crippen molar-refractivity contribution in [2.45, 2.75) is 25.0 Å². The highest BCUT2D eigenvalue weighted by atomic mass is 16.6. The zero-order valence-electron chi connectivity index (χ0n) is 10.2. The van der Waals surface area contributed by atoms with Crippen LogP contribution in [0.1, 0.15) is 35.4 Å². The van der Waals surface area contributed by atoms with E-state index in [0.29, 0.717) is 5.57 Å². The van der Waals surface area contributed by atoms with Crippen molar-refractivity contribution >= 4 is 11.8 Å². The Labute approximate surface area is 109 Å². The Hall–Kier alpha value is -2.14. The van der Waals surface area contributed by atoms with Gasteiger partial charge >= 0.3 is 5.97 Å². The van der Waals surface area contributed by atoms with Gasteiger partial charge in [0.15, 0.2) is 11.4 Å². The number of rotatable bonds is 0. The number of esters is 1. The fourth-order valence-electron chi connectivity index (χ4n) is 2.72. The van der Waals surface area contributed by atoms with Crippen molar-refractivity contribution in [1.29, 1.82) is 0 Å². The van der Waals surface area contributed by atoms with Gasteiger partial charge in [-0.15, -0.1) is 0 Å². The molecule has 1 aromatic carbocycles. The molecule has 1 aliphatic heterocycles. The second-order valence-corrected chi connectivity index (χ2v) is 4.92. The molecule has 98 valence electrons. The number of ether oxygens (including phenoxy) is 1.